The monoisotopic (exact) mass is 223 g/mol. The van der Waals surface area contributed by atoms with Crippen molar-refractivity contribution in [1.29, 1.82) is 0 Å². The van der Waals surface area contributed by atoms with Crippen molar-refractivity contribution in [2.24, 2.45) is 0 Å². The summed E-state index contributed by atoms with van der Waals surface area (Å²) in [6.45, 7) is 2.93. The molecule has 0 aliphatic carbocycles. The molecular weight excluding hydrogens is 209 g/mol. The summed E-state index contributed by atoms with van der Waals surface area (Å²) in [5.41, 5.74) is 0.677. The molecule has 0 saturated carbocycles. The minimum Gasteiger partial charge on any atom is -0.478 e. The lowest BCUT2D eigenvalue weighted by Crippen LogP contribution is -2.26. The molecule has 86 valence electrons. The summed E-state index contributed by atoms with van der Waals surface area (Å²) in [5, 5.41) is 8.86. The molecule has 1 unspecified atom stereocenters. The van der Waals surface area contributed by atoms with Crippen molar-refractivity contribution in [3.63, 3.8) is 0 Å². The lowest BCUT2D eigenvalue weighted by Gasteiger charge is -2.24. The van der Waals surface area contributed by atoms with Gasteiger partial charge in [-0.15, -0.1) is 0 Å². The summed E-state index contributed by atoms with van der Waals surface area (Å²) >= 11 is 0. The first-order chi connectivity index (χ1) is 7.58. The quantitative estimate of drug-likeness (QED) is 0.837. The van der Waals surface area contributed by atoms with Gasteiger partial charge in [0.15, 0.2) is 0 Å². The minimum atomic E-state index is -1.09. The molecule has 0 radical (unpaired) electrons. The average Bonchev–Trinajstić information content (AvgIpc) is 2.63. The first kappa shape index (κ1) is 10.9. The van der Waals surface area contributed by atoms with Crippen LogP contribution in [0.5, 0.6) is 0 Å². The fraction of sp³-hybridized carbons (Fsp3) is 0.417. The van der Waals surface area contributed by atoms with Gasteiger partial charge in [0.05, 0.1) is 5.56 Å². The highest BCUT2D eigenvalue weighted by atomic mass is 19.1. The van der Waals surface area contributed by atoms with Crippen LogP contribution in [0.2, 0.25) is 0 Å². The SMILES string of the molecule is CC1CCCN1c1cc(F)cc(C(=O)O)c1. The van der Waals surface area contributed by atoms with Crippen molar-refractivity contribution in [3.8, 4) is 0 Å². The normalized spacial score (nSPS) is 20.1. The standard InChI is InChI=1S/C12H14FNO2/c1-8-3-2-4-14(8)11-6-9(12(15)16)5-10(13)7-11/h5-8H,2-4H2,1H3,(H,15,16). The smallest absolute Gasteiger partial charge is 0.335 e. The molecule has 1 saturated heterocycles. The Morgan fingerprint density at radius 3 is 2.81 bits per heavy atom. The molecule has 1 aromatic carbocycles. The van der Waals surface area contributed by atoms with Crippen LogP contribution in [0.25, 0.3) is 0 Å². The van der Waals surface area contributed by atoms with Gasteiger partial charge in [-0.25, -0.2) is 9.18 Å². The van der Waals surface area contributed by atoms with Gasteiger partial charge in [-0.05, 0) is 38.0 Å². The maximum Gasteiger partial charge on any atom is 0.335 e. The molecule has 1 fully saturated rings. The van der Waals surface area contributed by atoms with Crippen LogP contribution >= 0.6 is 0 Å². The zero-order valence-electron chi connectivity index (χ0n) is 9.11. The van der Waals surface area contributed by atoms with Crippen molar-refractivity contribution in [2.45, 2.75) is 25.8 Å². The van der Waals surface area contributed by atoms with E-state index in [1.54, 1.807) is 0 Å². The number of hydrogen-bond acceptors (Lipinski definition) is 2. The van der Waals surface area contributed by atoms with Crippen molar-refractivity contribution >= 4 is 11.7 Å². The summed E-state index contributed by atoms with van der Waals surface area (Å²) < 4.78 is 13.3. The lowest BCUT2D eigenvalue weighted by molar-refractivity contribution is 0.0696. The number of hydrogen-bond donors (Lipinski definition) is 1. The highest BCUT2D eigenvalue weighted by Gasteiger charge is 2.21. The fourth-order valence-electron chi connectivity index (χ4n) is 2.18. The van der Waals surface area contributed by atoms with Crippen molar-refractivity contribution in [3.05, 3.63) is 29.6 Å². The van der Waals surface area contributed by atoms with E-state index in [9.17, 15) is 9.18 Å². The maximum absolute atomic E-state index is 13.3. The number of halogens is 1. The molecule has 1 aliphatic rings. The van der Waals surface area contributed by atoms with E-state index in [1.165, 1.54) is 12.1 Å². The summed E-state index contributed by atoms with van der Waals surface area (Å²) in [5.74, 6) is -1.58. The van der Waals surface area contributed by atoms with Crippen LogP contribution in [0.15, 0.2) is 18.2 Å². The molecule has 1 N–H and O–H groups in total. The van der Waals surface area contributed by atoms with E-state index in [2.05, 4.69) is 11.8 Å². The van der Waals surface area contributed by atoms with Crippen LogP contribution in [0.1, 0.15) is 30.1 Å². The number of nitrogens with zero attached hydrogens (tertiary/aromatic N) is 1. The van der Waals surface area contributed by atoms with E-state index in [0.29, 0.717) is 11.7 Å². The molecule has 0 bridgehead atoms. The van der Waals surface area contributed by atoms with E-state index >= 15 is 0 Å². The summed E-state index contributed by atoms with van der Waals surface area (Å²) in [4.78, 5) is 12.9. The molecule has 1 heterocycles. The number of aromatic carboxylic acids is 1. The molecule has 3 nitrogen and oxygen atoms in total. The van der Waals surface area contributed by atoms with Gasteiger partial charge in [0.1, 0.15) is 5.82 Å². The molecule has 0 aromatic heterocycles. The molecular formula is C12H14FNO2. The lowest BCUT2D eigenvalue weighted by atomic mass is 10.1. The molecule has 4 heteroatoms. The van der Waals surface area contributed by atoms with Crippen LogP contribution in [-0.2, 0) is 0 Å². The van der Waals surface area contributed by atoms with Crippen LogP contribution in [0, 0.1) is 5.82 Å². The van der Waals surface area contributed by atoms with E-state index in [4.69, 9.17) is 5.11 Å². The second kappa shape index (κ2) is 4.12. The first-order valence-electron chi connectivity index (χ1n) is 5.38. The second-order valence-electron chi connectivity index (χ2n) is 4.19. The van der Waals surface area contributed by atoms with Crippen LogP contribution in [0.3, 0.4) is 0 Å². The van der Waals surface area contributed by atoms with Crippen LogP contribution in [0.4, 0.5) is 10.1 Å². The third kappa shape index (κ3) is 2.01. The van der Waals surface area contributed by atoms with E-state index in [1.807, 2.05) is 0 Å². The molecule has 1 aromatic rings. The largest absolute Gasteiger partial charge is 0.478 e. The Hall–Kier alpha value is -1.58. The molecule has 1 atom stereocenters. The van der Waals surface area contributed by atoms with Gasteiger partial charge in [-0.1, -0.05) is 0 Å². The highest BCUT2D eigenvalue weighted by Crippen LogP contribution is 2.26. The van der Waals surface area contributed by atoms with Gasteiger partial charge in [-0.3, -0.25) is 0 Å². The number of rotatable bonds is 2. The highest BCUT2D eigenvalue weighted by molar-refractivity contribution is 5.88. The Balaban J connectivity index is 2.37. The Morgan fingerprint density at radius 2 is 2.25 bits per heavy atom. The predicted molar refractivity (Wildman–Crippen MR) is 59.4 cm³/mol. The summed E-state index contributed by atoms with van der Waals surface area (Å²) in [6.07, 6.45) is 2.14. The minimum absolute atomic E-state index is 0.00843. The van der Waals surface area contributed by atoms with Crippen molar-refractivity contribution < 1.29 is 14.3 Å². The average molecular weight is 223 g/mol. The number of carboxylic acids is 1. The van der Waals surface area contributed by atoms with E-state index < -0.39 is 11.8 Å². The third-order valence-electron chi connectivity index (χ3n) is 3.01. The second-order valence-corrected chi connectivity index (χ2v) is 4.19. The fourth-order valence-corrected chi connectivity index (χ4v) is 2.18. The topological polar surface area (TPSA) is 40.5 Å². The van der Waals surface area contributed by atoms with Crippen molar-refractivity contribution in [1.82, 2.24) is 0 Å². The van der Waals surface area contributed by atoms with E-state index in [0.717, 1.165) is 25.5 Å². The van der Waals surface area contributed by atoms with Gasteiger partial charge in [0.2, 0.25) is 0 Å². The Kier molecular flexibility index (Phi) is 2.81. The molecule has 0 amide bonds. The van der Waals surface area contributed by atoms with Gasteiger partial charge in [-0.2, -0.15) is 0 Å². The number of benzene rings is 1. The van der Waals surface area contributed by atoms with Gasteiger partial charge >= 0.3 is 5.97 Å². The number of carbonyl (C=O) groups is 1. The third-order valence-corrected chi connectivity index (χ3v) is 3.01. The van der Waals surface area contributed by atoms with Crippen molar-refractivity contribution in [2.75, 3.05) is 11.4 Å². The predicted octanol–water partition coefficient (Wildman–Crippen LogP) is 2.51. The zero-order valence-corrected chi connectivity index (χ0v) is 9.11. The van der Waals surface area contributed by atoms with Crippen LogP contribution < -0.4 is 4.90 Å². The molecule has 16 heavy (non-hydrogen) atoms. The van der Waals surface area contributed by atoms with E-state index in [-0.39, 0.29) is 5.56 Å². The van der Waals surface area contributed by atoms with Gasteiger partial charge in [0.25, 0.3) is 0 Å². The number of carboxylic acid groups (broad SMARTS) is 1. The summed E-state index contributed by atoms with van der Waals surface area (Å²) in [6, 6.07) is 4.33. The van der Waals surface area contributed by atoms with Gasteiger partial charge < -0.3 is 10.0 Å². The molecule has 0 spiro atoms. The van der Waals surface area contributed by atoms with Gasteiger partial charge in [0, 0.05) is 18.3 Å². The Morgan fingerprint density at radius 1 is 1.50 bits per heavy atom. The first-order valence-corrected chi connectivity index (χ1v) is 5.38. The Labute approximate surface area is 93.5 Å². The summed E-state index contributed by atoms with van der Waals surface area (Å²) in [7, 11) is 0. The zero-order chi connectivity index (χ0) is 11.7. The molecule has 2 rings (SSSR count). The molecule has 1 aliphatic heterocycles. The maximum atomic E-state index is 13.3. The Bertz CT molecular complexity index is 419. The number of anilines is 1. The van der Waals surface area contributed by atoms with Crippen LogP contribution in [-0.4, -0.2) is 23.7 Å².